The predicted octanol–water partition coefficient (Wildman–Crippen LogP) is 3.55. The van der Waals surface area contributed by atoms with Crippen molar-refractivity contribution in [2.75, 3.05) is 6.61 Å². The fraction of sp³-hybridized carbons (Fsp3) is 0.467. The third kappa shape index (κ3) is 6.55. The second-order valence-electron chi connectivity index (χ2n) is 3.90. The first-order chi connectivity index (χ1) is 8.36. The van der Waals surface area contributed by atoms with Crippen LogP contribution in [-0.2, 0) is 4.74 Å². The summed E-state index contributed by atoms with van der Waals surface area (Å²) in [6, 6.07) is 10.8. The first-order valence-electron chi connectivity index (χ1n) is 6.36. The van der Waals surface area contributed by atoms with Gasteiger partial charge in [0.15, 0.2) is 0 Å². The van der Waals surface area contributed by atoms with Crippen molar-refractivity contribution in [3.8, 4) is 0 Å². The molecule has 0 saturated carbocycles. The van der Waals surface area contributed by atoms with Gasteiger partial charge in [-0.15, -0.1) is 0 Å². The van der Waals surface area contributed by atoms with E-state index in [2.05, 4.69) is 43.3 Å². The summed E-state index contributed by atoms with van der Waals surface area (Å²) in [6.45, 7) is 5.03. The van der Waals surface area contributed by atoms with Gasteiger partial charge in [-0.1, -0.05) is 0 Å². The van der Waals surface area contributed by atoms with E-state index in [1.54, 1.807) is 0 Å². The van der Waals surface area contributed by atoms with E-state index < -0.39 is 0 Å². The van der Waals surface area contributed by atoms with Crippen LogP contribution < -0.4 is 4.46 Å². The van der Waals surface area contributed by atoms with Crippen molar-refractivity contribution in [2.45, 2.75) is 37.9 Å². The Labute approximate surface area is 111 Å². The van der Waals surface area contributed by atoms with Gasteiger partial charge in [-0.2, -0.15) is 0 Å². The van der Waals surface area contributed by atoms with Gasteiger partial charge in [-0.25, -0.2) is 0 Å². The van der Waals surface area contributed by atoms with Gasteiger partial charge >= 0.3 is 111 Å². The molecule has 0 heterocycles. The SMILES string of the molecule is CCCCC(/C=C/OCC)[Se]c1ccccc1. The van der Waals surface area contributed by atoms with Gasteiger partial charge in [0.1, 0.15) is 0 Å². The quantitative estimate of drug-likeness (QED) is 0.527. The van der Waals surface area contributed by atoms with Gasteiger partial charge in [0.25, 0.3) is 0 Å². The van der Waals surface area contributed by atoms with Gasteiger partial charge in [0.05, 0.1) is 0 Å². The molecule has 0 radical (unpaired) electrons. The van der Waals surface area contributed by atoms with Crippen LogP contribution in [-0.4, -0.2) is 21.6 Å². The second kappa shape index (κ2) is 9.32. The zero-order chi connectivity index (χ0) is 12.3. The maximum atomic E-state index is 5.31. The van der Waals surface area contributed by atoms with Crippen LogP contribution in [0.2, 0.25) is 4.82 Å². The second-order valence-corrected chi connectivity index (χ2v) is 6.65. The molecule has 0 aliphatic rings. The number of unbranched alkanes of at least 4 members (excludes halogenated alkanes) is 1. The predicted molar refractivity (Wildman–Crippen MR) is 75.9 cm³/mol. The summed E-state index contributed by atoms with van der Waals surface area (Å²) < 4.78 is 6.79. The molecule has 0 spiro atoms. The van der Waals surface area contributed by atoms with E-state index in [1.807, 2.05) is 13.2 Å². The van der Waals surface area contributed by atoms with Crippen molar-refractivity contribution in [2.24, 2.45) is 0 Å². The molecule has 0 amide bonds. The molecule has 0 aromatic heterocycles. The molecule has 1 rings (SSSR count). The van der Waals surface area contributed by atoms with Gasteiger partial charge in [0, 0.05) is 0 Å². The summed E-state index contributed by atoms with van der Waals surface area (Å²) in [5, 5.41) is 0. The molecule has 0 bridgehead atoms. The third-order valence-electron chi connectivity index (χ3n) is 2.43. The molecule has 0 fully saturated rings. The molecule has 0 saturated heterocycles. The summed E-state index contributed by atoms with van der Waals surface area (Å²) in [5.74, 6) is 0. The van der Waals surface area contributed by atoms with Crippen LogP contribution in [0.1, 0.15) is 33.1 Å². The molecule has 17 heavy (non-hydrogen) atoms. The Morgan fingerprint density at radius 1 is 1.24 bits per heavy atom. The Morgan fingerprint density at radius 3 is 2.65 bits per heavy atom. The van der Waals surface area contributed by atoms with Crippen LogP contribution in [0, 0.1) is 0 Å². The minimum atomic E-state index is 0.518. The Morgan fingerprint density at radius 2 is 2.00 bits per heavy atom. The standard InChI is InChI=1S/C15H22OSe/c1-3-5-9-15(12-13-16-4-2)17-14-10-7-6-8-11-14/h6-8,10-13,15H,3-5,9H2,1-2H3/b13-12+. The first-order valence-corrected chi connectivity index (χ1v) is 8.21. The van der Waals surface area contributed by atoms with Crippen molar-refractivity contribution < 1.29 is 4.74 Å². The number of hydrogen-bond acceptors (Lipinski definition) is 1. The van der Waals surface area contributed by atoms with E-state index in [-0.39, 0.29) is 0 Å². The van der Waals surface area contributed by atoms with E-state index in [0.717, 1.165) is 6.61 Å². The number of rotatable bonds is 8. The van der Waals surface area contributed by atoms with Crippen LogP contribution in [0.4, 0.5) is 0 Å². The molecule has 2 heteroatoms. The zero-order valence-electron chi connectivity index (χ0n) is 10.8. The summed E-state index contributed by atoms with van der Waals surface area (Å²) >= 11 is 0.518. The first kappa shape index (κ1) is 14.3. The average Bonchev–Trinajstić information content (AvgIpc) is 2.37. The van der Waals surface area contributed by atoms with Crippen molar-refractivity contribution in [1.29, 1.82) is 0 Å². The Balaban J connectivity index is 2.50. The summed E-state index contributed by atoms with van der Waals surface area (Å²) in [5.41, 5.74) is 0. The van der Waals surface area contributed by atoms with E-state index >= 15 is 0 Å². The van der Waals surface area contributed by atoms with Crippen molar-refractivity contribution in [1.82, 2.24) is 0 Å². The normalized spacial score (nSPS) is 12.8. The van der Waals surface area contributed by atoms with E-state index in [0.29, 0.717) is 19.8 Å². The van der Waals surface area contributed by atoms with Crippen LogP contribution >= 0.6 is 0 Å². The van der Waals surface area contributed by atoms with Gasteiger partial charge in [0.2, 0.25) is 0 Å². The minimum absolute atomic E-state index is 0.518. The van der Waals surface area contributed by atoms with Crippen molar-refractivity contribution >= 4 is 19.4 Å². The Kier molecular flexibility index (Phi) is 7.87. The van der Waals surface area contributed by atoms with Crippen LogP contribution in [0.5, 0.6) is 0 Å². The molecular weight excluding hydrogens is 275 g/mol. The molecule has 1 unspecified atom stereocenters. The van der Waals surface area contributed by atoms with E-state index in [9.17, 15) is 0 Å². The average molecular weight is 297 g/mol. The van der Waals surface area contributed by atoms with Gasteiger partial charge in [-0.3, -0.25) is 0 Å². The Hall–Kier alpha value is -0.721. The number of ether oxygens (including phenoxy) is 1. The van der Waals surface area contributed by atoms with Crippen LogP contribution in [0.25, 0.3) is 0 Å². The molecule has 94 valence electrons. The molecule has 1 aromatic carbocycles. The number of benzene rings is 1. The number of hydrogen-bond donors (Lipinski definition) is 0. The molecule has 1 atom stereocenters. The molecule has 0 aliphatic carbocycles. The monoisotopic (exact) mass is 298 g/mol. The summed E-state index contributed by atoms with van der Waals surface area (Å²) in [4.78, 5) is 0.663. The molecular formula is C15H22OSe. The van der Waals surface area contributed by atoms with E-state index in [1.165, 1.54) is 23.7 Å². The fourth-order valence-corrected chi connectivity index (χ4v) is 3.80. The molecule has 0 N–H and O–H groups in total. The van der Waals surface area contributed by atoms with Crippen LogP contribution in [0.3, 0.4) is 0 Å². The van der Waals surface area contributed by atoms with Gasteiger partial charge < -0.3 is 0 Å². The van der Waals surface area contributed by atoms with Gasteiger partial charge in [-0.05, 0) is 0 Å². The maximum absolute atomic E-state index is 5.31. The fourth-order valence-electron chi connectivity index (χ4n) is 1.51. The van der Waals surface area contributed by atoms with E-state index in [4.69, 9.17) is 4.74 Å². The van der Waals surface area contributed by atoms with Crippen molar-refractivity contribution in [3.05, 3.63) is 42.7 Å². The third-order valence-corrected chi connectivity index (χ3v) is 5.03. The topological polar surface area (TPSA) is 9.23 Å². The molecule has 1 nitrogen and oxygen atoms in total. The molecule has 0 aliphatic heterocycles. The zero-order valence-corrected chi connectivity index (χ0v) is 12.5. The number of allylic oxidation sites excluding steroid dienone is 1. The molecule has 1 aromatic rings. The van der Waals surface area contributed by atoms with Crippen molar-refractivity contribution in [3.63, 3.8) is 0 Å². The summed E-state index contributed by atoms with van der Waals surface area (Å²) in [7, 11) is 0. The Bertz CT molecular complexity index is 308. The summed E-state index contributed by atoms with van der Waals surface area (Å²) in [6.07, 6.45) is 7.96. The van der Waals surface area contributed by atoms with Crippen LogP contribution in [0.15, 0.2) is 42.7 Å².